The van der Waals surface area contributed by atoms with Crippen LogP contribution in [0.15, 0.2) is 53.1 Å². The first-order valence-corrected chi connectivity index (χ1v) is 6.59. The molecule has 2 aromatic carbocycles. The molecule has 0 aliphatic rings. The van der Waals surface area contributed by atoms with Crippen molar-refractivity contribution in [2.75, 3.05) is 7.11 Å². The molecular weight excluding hydrogens is 292 g/mol. The van der Waals surface area contributed by atoms with Crippen LogP contribution in [0.5, 0.6) is 11.5 Å². The highest BCUT2D eigenvalue weighted by Gasteiger charge is 2.12. The van der Waals surface area contributed by atoms with Crippen LogP contribution in [0.3, 0.4) is 0 Å². The van der Waals surface area contributed by atoms with E-state index in [-0.39, 0.29) is 5.02 Å². The summed E-state index contributed by atoms with van der Waals surface area (Å²) in [6, 6.07) is 12.2. The van der Waals surface area contributed by atoms with Gasteiger partial charge in [-0.25, -0.2) is 4.79 Å². The van der Waals surface area contributed by atoms with Gasteiger partial charge in [0.1, 0.15) is 17.1 Å². The van der Waals surface area contributed by atoms with Crippen molar-refractivity contribution in [3.63, 3.8) is 0 Å². The van der Waals surface area contributed by atoms with E-state index in [1.807, 2.05) is 24.3 Å². The third kappa shape index (κ3) is 2.58. The molecule has 0 spiro atoms. The summed E-state index contributed by atoms with van der Waals surface area (Å²) < 4.78 is 15.8. The summed E-state index contributed by atoms with van der Waals surface area (Å²) in [5.41, 5.74) is 1.04. The normalized spacial score (nSPS) is 10.6. The molecule has 5 heteroatoms. The van der Waals surface area contributed by atoms with Crippen molar-refractivity contribution in [2.45, 2.75) is 0 Å². The number of carbonyl (C=O) groups excluding carboxylic acids is 1. The maximum absolute atomic E-state index is 11.5. The molecule has 0 atom stereocenters. The molecule has 3 rings (SSSR count). The fraction of sp³-hybridized carbons (Fsp3) is 0.0625. The van der Waals surface area contributed by atoms with Gasteiger partial charge in [0.25, 0.3) is 0 Å². The van der Waals surface area contributed by atoms with Crippen LogP contribution in [0.1, 0.15) is 10.4 Å². The quantitative estimate of drug-likeness (QED) is 0.660. The van der Waals surface area contributed by atoms with Crippen molar-refractivity contribution < 1.29 is 18.7 Å². The molecule has 0 aliphatic heterocycles. The van der Waals surface area contributed by atoms with E-state index < -0.39 is 5.97 Å². The Morgan fingerprint density at radius 2 is 2.05 bits per heavy atom. The SMILES string of the molecule is COC(=O)c1ccc(Oc2cccc3occc23)cc1Cl. The summed E-state index contributed by atoms with van der Waals surface area (Å²) in [7, 11) is 1.31. The molecule has 106 valence electrons. The van der Waals surface area contributed by atoms with Crippen LogP contribution in [0.25, 0.3) is 11.0 Å². The molecule has 0 bridgehead atoms. The first kappa shape index (κ1) is 13.5. The minimum Gasteiger partial charge on any atom is -0.465 e. The van der Waals surface area contributed by atoms with Crippen LogP contribution in [0, 0.1) is 0 Å². The van der Waals surface area contributed by atoms with Gasteiger partial charge >= 0.3 is 5.97 Å². The molecule has 0 aliphatic carbocycles. The molecule has 0 N–H and O–H groups in total. The van der Waals surface area contributed by atoms with Crippen molar-refractivity contribution in [1.82, 2.24) is 0 Å². The van der Waals surface area contributed by atoms with E-state index in [1.165, 1.54) is 7.11 Å². The Bertz CT molecular complexity index is 807. The number of benzene rings is 2. The predicted octanol–water partition coefficient (Wildman–Crippen LogP) is 4.67. The lowest BCUT2D eigenvalue weighted by Gasteiger charge is -2.08. The van der Waals surface area contributed by atoms with Crippen molar-refractivity contribution in [1.29, 1.82) is 0 Å². The Kier molecular flexibility index (Phi) is 3.54. The van der Waals surface area contributed by atoms with Gasteiger partial charge in [-0.1, -0.05) is 17.7 Å². The number of hydrogen-bond donors (Lipinski definition) is 0. The summed E-state index contributed by atoms with van der Waals surface area (Å²) >= 11 is 6.07. The third-order valence-corrected chi connectivity index (χ3v) is 3.34. The molecule has 0 radical (unpaired) electrons. The van der Waals surface area contributed by atoms with E-state index in [9.17, 15) is 4.79 Å². The monoisotopic (exact) mass is 302 g/mol. The molecule has 0 amide bonds. The topological polar surface area (TPSA) is 48.7 Å². The summed E-state index contributed by atoms with van der Waals surface area (Å²) in [6.07, 6.45) is 1.60. The van der Waals surface area contributed by atoms with E-state index in [0.29, 0.717) is 17.1 Å². The number of methoxy groups -OCH3 is 1. The van der Waals surface area contributed by atoms with Crippen LogP contribution in [-0.2, 0) is 4.74 Å². The number of fused-ring (bicyclic) bond motifs is 1. The number of furan rings is 1. The van der Waals surface area contributed by atoms with Gasteiger partial charge in [-0.2, -0.15) is 0 Å². The number of rotatable bonds is 3. The fourth-order valence-corrected chi connectivity index (χ4v) is 2.26. The van der Waals surface area contributed by atoms with Crippen LogP contribution >= 0.6 is 11.6 Å². The van der Waals surface area contributed by atoms with Gasteiger partial charge in [0.15, 0.2) is 0 Å². The average molecular weight is 303 g/mol. The average Bonchev–Trinajstić information content (AvgIpc) is 2.96. The largest absolute Gasteiger partial charge is 0.465 e. The Hall–Kier alpha value is -2.46. The summed E-state index contributed by atoms with van der Waals surface area (Å²) in [6.45, 7) is 0. The maximum atomic E-state index is 11.5. The Balaban J connectivity index is 1.93. The number of carbonyl (C=O) groups is 1. The van der Waals surface area contributed by atoms with E-state index in [0.717, 1.165) is 11.0 Å². The zero-order valence-electron chi connectivity index (χ0n) is 11.1. The van der Waals surface area contributed by atoms with Crippen molar-refractivity contribution in [3.8, 4) is 11.5 Å². The summed E-state index contributed by atoms with van der Waals surface area (Å²) in [4.78, 5) is 11.5. The number of ether oxygens (including phenoxy) is 2. The number of halogens is 1. The van der Waals surface area contributed by atoms with E-state index in [2.05, 4.69) is 4.74 Å². The highest BCUT2D eigenvalue weighted by Crippen LogP contribution is 2.32. The molecule has 0 fully saturated rings. The Morgan fingerprint density at radius 1 is 1.19 bits per heavy atom. The second-order valence-electron chi connectivity index (χ2n) is 4.32. The minimum atomic E-state index is -0.483. The minimum absolute atomic E-state index is 0.277. The molecular formula is C16H11ClO4. The summed E-state index contributed by atoms with van der Waals surface area (Å²) in [5.74, 6) is 0.702. The summed E-state index contributed by atoms with van der Waals surface area (Å²) in [5, 5.41) is 1.14. The van der Waals surface area contributed by atoms with Gasteiger partial charge in [0.05, 0.1) is 29.3 Å². The molecule has 21 heavy (non-hydrogen) atoms. The molecule has 1 aromatic heterocycles. The Labute approximate surface area is 125 Å². The number of hydrogen-bond acceptors (Lipinski definition) is 4. The lowest BCUT2D eigenvalue weighted by Crippen LogP contribution is -2.01. The molecule has 0 unspecified atom stereocenters. The van der Waals surface area contributed by atoms with Crippen LogP contribution in [0.2, 0.25) is 5.02 Å². The standard InChI is InChI=1S/C16H11ClO4/c1-19-16(18)11-6-5-10(9-13(11)17)21-15-4-2-3-14-12(15)7-8-20-14/h2-9H,1H3. The molecule has 0 saturated heterocycles. The van der Waals surface area contributed by atoms with E-state index >= 15 is 0 Å². The van der Waals surface area contributed by atoms with Gasteiger partial charge in [0, 0.05) is 6.07 Å². The third-order valence-electron chi connectivity index (χ3n) is 3.03. The number of esters is 1. The second-order valence-corrected chi connectivity index (χ2v) is 4.73. The lowest BCUT2D eigenvalue weighted by molar-refractivity contribution is 0.0601. The first-order chi connectivity index (χ1) is 10.2. The van der Waals surface area contributed by atoms with Crippen molar-refractivity contribution in [2.24, 2.45) is 0 Å². The van der Waals surface area contributed by atoms with Crippen LogP contribution < -0.4 is 4.74 Å². The van der Waals surface area contributed by atoms with Crippen molar-refractivity contribution >= 4 is 28.5 Å². The smallest absolute Gasteiger partial charge is 0.339 e. The van der Waals surface area contributed by atoms with Gasteiger partial charge in [0.2, 0.25) is 0 Å². The molecule has 3 aromatic rings. The second kappa shape index (κ2) is 5.50. The van der Waals surface area contributed by atoms with Gasteiger partial charge in [-0.3, -0.25) is 0 Å². The Morgan fingerprint density at radius 3 is 2.81 bits per heavy atom. The van der Waals surface area contributed by atoms with Crippen LogP contribution in [-0.4, -0.2) is 13.1 Å². The molecule has 0 saturated carbocycles. The van der Waals surface area contributed by atoms with Gasteiger partial charge < -0.3 is 13.9 Å². The fourth-order valence-electron chi connectivity index (χ4n) is 2.02. The zero-order valence-corrected chi connectivity index (χ0v) is 11.9. The predicted molar refractivity (Wildman–Crippen MR) is 79.1 cm³/mol. The van der Waals surface area contributed by atoms with E-state index in [4.69, 9.17) is 20.8 Å². The van der Waals surface area contributed by atoms with Crippen molar-refractivity contribution in [3.05, 3.63) is 59.3 Å². The van der Waals surface area contributed by atoms with Gasteiger partial charge in [-0.05, 0) is 30.3 Å². The van der Waals surface area contributed by atoms with Gasteiger partial charge in [-0.15, -0.1) is 0 Å². The molecule has 4 nitrogen and oxygen atoms in total. The highest BCUT2D eigenvalue weighted by molar-refractivity contribution is 6.33. The lowest BCUT2D eigenvalue weighted by atomic mass is 10.2. The first-order valence-electron chi connectivity index (χ1n) is 6.21. The molecule has 1 heterocycles. The maximum Gasteiger partial charge on any atom is 0.339 e. The van der Waals surface area contributed by atoms with E-state index in [1.54, 1.807) is 24.5 Å². The van der Waals surface area contributed by atoms with Crippen LogP contribution in [0.4, 0.5) is 0 Å². The highest BCUT2D eigenvalue weighted by atomic mass is 35.5. The zero-order chi connectivity index (χ0) is 14.8.